The fraction of sp³-hybridized carbons (Fsp3) is 0.400. The van der Waals surface area contributed by atoms with Crippen molar-refractivity contribution in [1.82, 2.24) is 5.43 Å². The third-order valence-corrected chi connectivity index (χ3v) is 3.02. The molecule has 1 unspecified atom stereocenters. The minimum Gasteiger partial charge on any atom is -0.271 e. The van der Waals surface area contributed by atoms with Crippen LogP contribution in [0.15, 0.2) is 16.6 Å². The number of benzene rings is 1. The topological polar surface area (TPSA) is 38.0 Å². The summed E-state index contributed by atoms with van der Waals surface area (Å²) in [7, 11) is 0. The van der Waals surface area contributed by atoms with E-state index in [0.29, 0.717) is 5.56 Å². The SMILES string of the molecule is CCCC(NN)c1ccc(F)c(F)c1Br. The average molecular weight is 279 g/mol. The van der Waals surface area contributed by atoms with E-state index in [1.54, 1.807) is 0 Å². The van der Waals surface area contributed by atoms with Crippen LogP contribution in [0.4, 0.5) is 8.78 Å². The van der Waals surface area contributed by atoms with Crippen molar-refractivity contribution in [2.24, 2.45) is 5.84 Å². The number of hydrazine groups is 1. The summed E-state index contributed by atoms with van der Waals surface area (Å²) in [5.41, 5.74) is 3.22. The van der Waals surface area contributed by atoms with Gasteiger partial charge in [-0.2, -0.15) is 0 Å². The molecule has 0 aliphatic carbocycles. The monoisotopic (exact) mass is 278 g/mol. The molecule has 0 aliphatic heterocycles. The van der Waals surface area contributed by atoms with Crippen molar-refractivity contribution in [1.29, 1.82) is 0 Å². The molecule has 0 heterocycles. The Morgan fingerprint density at radius 2 is 2.13 bits per heavy atom. The van der Waals surface area contributed by atoms with E-state index in [9.17, 15) is 8.78 Å². The predicted octanol–water partition coefficient (Wildman–Crippen LogP) is 3.03. The van der Waals surface area contributed by atoms with Gasteiger partial charge in [-0.05, 0) is 34.0 Å². The third-order valence-electron chi connectivity index (χ3n) is 2.22. The highest BCUT2D eigenvalue weighted by Gasteiger charge is 2.17. The average Bonchev–Trinajstić information content (AvgIpc) is 2.24. The van der Waals surface area contributed by atoms with E-state index < -0.39 is 11.6 Å². The normalized spacial score (nSPS) is 12.9. The molecule has 5 heteroatoms. The summed E-state index contributed by atoms with van der Waals surface area (Å²) >= 11 is 3.03. The van der Waals surface area contributed by atoms with Gasteiger partial charge < -0.3 is 0 Å². The maximum atomic E-state index is 13.2. The zero-order valence-corrected chi connectivity index (χ0v) is 9.94. The van der Waals surface area contributed by atoms with Gasteiger partial charge in [-0.1, -0.05) is 19.4 Å². The zero-order chi connectivity index (χ0) is 11.4. The number of hydrogen-bond acceptors (Lipinski definition) is 2. The molecule has 0 saturated heterocycles. The highest BCUT2D eigenvalue weighted by atomic mass is 79.9. The van der Waals surface area contributed by atoms with Crippen LogP contribution in [-0.2, 0) is 0 Å². The summed E-state index contributed by atoms with van der Waals surface area (Å²) in [6, 6.07) is 2.47. The molecule has 0 amide bonds. The van der Waals surface area contributed by atoms with Gasteiger partial charge in [-0.25, -0.2) is 8.78 Å². The van der Waals surface area contributed by atoms with Gasteiger partial charge in [0.25, 0.3) is 0 Å². The van der Waals surface area contributed by atoms with Crippen LogP contribution in [0.1, 0.15) is 31.4 Å². The van der Waals surface area contributed by atoms with Crippen molar-refractivity contribution in [2.45, 2.75) is 25.8 Å². The second-order valence-electron chi connectivity index (χ2n) is 3.27. The predicted molar refractivity (Wildman–Crippen MR) is 59.0 cm³/mol. The Morgan fingerprint density at radius 1 is 1.47 bits per heavy atom. The van der Waals surface area contributed by atoms with Crippen LogP contribution in [0.25, 0.3) is 0 Å². The molecular formula is C10H13BrF2N2. The summed E-state index contributed by atoms with van der Waals surface area (Å²) < 4.78 is 26.2. The Bertz CT molecular complexity index is 344. The number of nitrogens with two attached hydrogens (primary N) is 1. The molecule has 0 aliphatic rings. The van der Waals surface area contributed by atoms with Crippen LogP contribution in [-0.4, -0.2) is 0 Å². The van der Waals surface area contributed by atoms with Gasteiger partial charge in [0.2, 0.25) is 0 Å². The van der Waals surface area contributed by atoms with E-state index in [1.807, 2.05) is 6.92 Å². The summed E-state index contributed by atoms with van der Waals surface area (Å²) in [5, 5.41) is 0. The molecule has 15 heavy (non-hydrogen) atoms. The molecule has 84 valence electrons. The smallest absolute Gasteiger partial charge is 0.173 e. The second-order valence-corrected chi connectivity index (χ2v) is 4.07. The molecule has 0 aromatic heterocycles. The Labute approximate surface area is 95.9 Å². The maximum Gasteiger partial charge on any atom is 0.173 e. The first-order valence-corrected chi connectivity index (χ1v) is 5.50. The molecule has 1 rings (SSSR count). The van der Waals surface area contributed by atoms with Crippen LogP contribution in [0.5, 0.6) is 0 Å². The second kappa shape index (κ2) is 5.53. The fourth-order valence-corrected chi connectivity index (χ4v) is 2.03. The van der Waals surface area contributed by atoms with Crippen molar-refractivity contribution in [3.8, 4) is 0 Å². The van der Waals surface area contributed by atoms with Crippen LogP contribution >= 0.6 is 15.9 Å². The van der Waals surface area contributed by atoms with Crippen molar-refractivity contribution in [3.63, 3.8) is 0 Å². The molecule has 0 saturated carbocycles. The third kappa shape index (κ3) is 2.74. The standard InChI is InChI=1S/C10H13BrF2N2/c1-2-3-8(15-14)6-4-5-7(12)10(13)9(6)11/h4-5,8,15H,2-3,14H2,1H3. The first-order chi connectivity index (χ1) is 7.11. The Morgan fingerprint density at radius 3 is 2.67 bits per heavy atom. The number of rotatable bonds is 4. The zero-order valence-electron chi connectivity index (χ0n) is 8.36. The first-order valence-electron chi connectivity index (χ1n) is 4.71. The largest absolute Gasteiger partial charge is 0.271 e. The van der Waals surface area contributed by atoms with Crippen molar-refractivity contribution < 1.29 is 8.78 Å². The summed E-state index contributed by atoms with van der Waals surface area (Å²) in [4.78, 5) is 0. The summed E-state index contributed by atoms with van der Waals surface area (Å²) in [6.07, 6.45) is 1.67. The first kappa shape index (κ1) is 12.5. The molecule has 0 bridgehead atoms. The minimum absolute atomic E-state index is 0.138. The lowest BCUT2D eigenvalue weighted by Crippen LogP contribution is -2.28. The molecule has 3 N–H and O–H groups in total. The Hall–Kier alpha value is -0.520. The van der Waals surface area contributed by atoms with Gasteiger partial charge in [0.1, 0.15) is 0 Å². The number of hydrogen-bond donors (Lipinski definition) is 2. The molecule has 1 aromatic rings. The highest BCUT2D eigenvalue weighted by molar-refractivity contribution is 9.10. The molecule has 0 fully saturated rings. The van der Waals surface area contributed by atoms with Crippen LogP contribution in [0, 0.1) is 11.6 Å². The molecular weight excluding hydrogens is 266 g/mol. The van der Waals surface area contributed by atoms with E-state index in [0.717, 1.165) is 18.9 Å². The van der Waals surface area contributed by atoms with Gasteiger partial charge >= 0.3 is 0 Å². The lowest BCUT2D eigenvalue weighted by atomic mass is 10.0. The minimum atomic E-state index is -0.871. The van der Waals surface area contributed by atoms with Crippen LogP contribution in [0.2, 0.25) is 0 Å². The van der Waals surface area contributed by atoms with Crippen molar-refractivity contribution in [2.75, 3.05) is 0 Å². The lowest BCUT2D eigenvalue weighted by molar-refractivity contribution is 0.480. The molecule has 1 aromatic carbocycles. The van der Waals surface area contributed by atoms with E-state index in [1.165, 1.54) is 6.07 Å². The fourth-order valence-electron chi connectivity index (χ4n) is 1.43. The van der Waals surface area contributed by atoms with Gasteiger partial charge in [0.05, 0.1) is 4.47 Å². The van der Waals surface area contributed by atoms with Gasteiger partial charge in [-0.3, -0.25) is 11.3 Å². The molecule has 0 radical (unpaired) electrons. The van der Waals surface area contributed by atoms with E-state index in [-0.39, 0.29) is 10.5 Å². The maximum absolute atomic E-state index is 13.2. The number of halogens is 3. The lowest BCUT2D eigenvalue weighted by Gasteiger charge is -2.17. The van der Waals surface area contributed by atoms with Gasteiger partial charge in [0.15, 0.2) is 11.6 Å². The highest BCUT2D eigenvalue weighted by Crippen LogP contribution is 2.29. The van der Waals surface area contributed by atoms with Crippen LogP contribution < -0.4 is 11.3 Å². The molecule has 2 nitrogen and oxygen atoms in total. The quantitative estimate of drug-likeness (QED) is 0.505. The van der Waals surface area contributed by atoms with Gasteiger partial charge in [0, 0.05) is 6.04 Å². The Kier molecular flexibility index (Phi) is 4.63. The van der Waals surface area contributed by atoms with Crippen molar-refractivity contribution >= 4 is 15.9 Å². The van der Waals surface area contributed by atoms with E-state index in [2.05, 4.69) is 21.4 Å². The Balaban J connectivity index is 3.07. The van der Waals surface area contributed by atoms with Crippen LogP contribution in [0.3, 0.4) is 0 Å². The van der Waals surface area contributed by atoms with Gasteiger partial charge in [-0.15, -0.1) is 0 Å². The van der Waals surface area contributed by atoms with Crippen molar-refractivity contribution in [3.05, 3.63) is 33.8 Å². The molecule has 1 atom stereocenters. The summed E-state index contributed by atoms with van der Waals surface area (Å²) in [6.45, 7) is 2.00. The van der Waals surface area contributed by atoms with E-state index >= 15 is 0 Å². The summed E-state index contributed by atoms with van der Waals surface area (Å²) in [5.74, 6) is 3.63. The van der Waals surface area contributed by atoms with E-state index in [4.69, 9.17) is 5.84 Å². The number of nitrogens with one attached hydrogen (secondary N) is 1. The molecule has 0 spiro atoms.